The zero-order valence-electron chi connectivity index (χ0n) is 17.8. The summed E-state index contributed by atoms with van der Waals surface area (Å²) in [6.45, 7) is 2.92. The number of aryl methyl sites for hydroxylation is 1. The van der Waals surface area contributed by atoms with E-state index in [0.29, 0.717) is 24.2 Å². The third-order valence-electron chi connectivity index (χ3n) is 5.76. The Bertz CT molecular complexity index is 1480. The summed E-state index contributed by atoms with van der Waals surface area (Å²) in [5.74, 6) is -0.168. The van der Waals surface area contributed by atoms with Crippen LogP contribution in [0.3, 0.4) is 0 Å². The molecule has 32 heavy (non-hydrogen) atoms. The van der Waals surface area contributed by atoms with Crippen LogP contribution in [0, 0.1) is 6.92 Å². The van der Waals surface area contributed by atoms with Gasteiger partial charge in [-0.2, -0.15) is 0 Å². The molecule has 0 spiro atoms. The topological polar surface area (TPSA) is 55.5 Å². The molecule has 0 radical (unpaired) electrons. The minimum atomic E-state index is -0.168. The second kappa shape index (κ2) is 8.19. The fourth-order valence-corrected chi connectivity index (χ4v) is 4.01. The molecule has 2 heterocycles. The van der Waals surface area contributed by atoms with Crippen LogP contribution in [0.25, 0.3) is 16.6 Å². The van der Waals surface area contributed by atoms with Gasteiger partial charge in [0.15, 0.2) is 0 Å². The number of benzene rings is 3. The zero-order chi connectivity index (χ0) is 22.1. The smallest absolute Gasteiger partial charge is 0.275 e. The summed E-state index contributed by atoms with van der Waals surface area (Å²) in [6.07, 6.45) is 1.88. The van der Waals surface area contributed by atoms with Gasteiger partial charge in [-0.25, -0.2) is 0 Å². The summed E-state index contributed by atoms with van der Waals surface area (Å²) in [7, 11) is 0. The molecule has 5 nitrogen and oxygen atoms in total. The summed E-state index contributed by atoms with van der Waals surface area (Å²) < 4.78 is 3.63. The number of carbonyl (C=O) groups excluding carboxylic acids is 1. The Kier molecular flexibility index (Phi) is 5.07. The molecule has 3 aromatic carbocycles. The molecule has 5 heteroatoms. The van der Waals surface area contributed by atoms with Gasteiger partial charge in [-0.1, -0.05) is 60.2 Å². The summed E-state index contributed by atoms with van der Waals surface area (Å²) in [5.41, 5.74) is 5.93. The second-order valence-electron chi connectivity index (χ2n) is 8.01. The molecule has 0 atom stereocenters. The van der Waals surface area contributed by atoms with E-state index in [1.54, 1.807) is 4.57 Å². The van der Waals surface area contributed by atoms with Gasteiger partial charge < -0.3 is 14.3 Å². The van der Waals surface area contributed by atoms with E-state index < -0.39 is 0 Å². The second-order valence-corrected chi connectivity index (χ2v) is 8.01. The van der Waals surface area contributed by atoms with Crippen molar-refractivity contribution in [2.75, 3.05) is 0 Å². The quantitative estimate of drug-likeness (QED) is 0.453. The van der Waals surface area contributed by atoms with Crippen LogP contribution in [0.5, 0.6) is 0 Å². The molecule has 5 aromatic rings. The van der Waals surface area contributed by atoms with Crippen LogP contribution in [-0.2, 0) is 13.1 Å². The summed E-state index contributed by atoms with van der Waals surface area (Å²) in [4.78, 5) is 26.2. The Labute approximate surface area is 185 Å². The molecule has 0 aliphatic heterocycles. The van der Waals surface area contributed by atoms with E-state index in [9.17, 15) is 9.59 Å². The van der Waals surface area contributed by atoms with Crippen LogP contribution in [0.15, 0.2) is 95.9 Å². The highest BCUT2D eigenvalue weighted by molar-refractivity contribution is 5.97. The fraction of sp³-hybridized carbons (Fsp3) is 0.111. The number of rotatable bonds is 5. The van der Waals surface area contributed by atoms with Gasteiger partial charge in [-0.3, -0.25) is 9.59 Å². The van der Waals surface area contributed by atoms with Crippen molar-refractivity contribution < 1.29 is 4.79 Å². The van der Waals surface area contributed by atoms with E-state index in [-0.39, 0.29) is 11.5 Å². The first-order chi connectivity index (χ1) is 15.6. The summed E-state index contributed by atoms with van der Waals surface area (Å²) >= 11 is 0. The van der Waals surface area contributed by atoms with Crippen molar-refractivity contribution in [3.63, 3.8) is 0 Å². The van der Waals surface area contributed by atoms with E-state index >= 15 is 0 Å². The molecule has 0 aliphatic carbocycles. The van der Waals surface area contributed by atoms with E-state index in [1.807, 2.05) is 102 Å². The van der Waals surface area contributed by atoms with Crippen LogP contribution in [0.2, 0.25) is 0 Å². The number of carbonyl (C=O) groups is 1. The maximum atomic E-state index is 13.3. The van der Waals surface area contributed by atoms with Crippen LogP contribution in [-0.4, -0.2) is 14.9 Å². The van der Waals surface area contributed by atoms with Crippen LogP contribution >= 0.6 is 0 Å². The fourth-order valence-electron chi connectivity index (χ4n) is 4.01. The molecule has 0 saturated heterocycles. The molecule has 0 saturated carbocycles. The predicted molar refractivity (Wildman–Crippen MR) is 127 cm³/mol. The van der Waals surface area contributed by atoms with Gasteiger partial charge in [0.1, 0.15) is 5.52 Å². The average Bonchev–Trinajstić information content (AvgIpc) is 3.32. The van der Waals surface area contributed by atoms with Crippen LogP contribution < -0.4 is 10.9 Å². The standard InChI is InChI=1S/C27H23N3O2/c1-19-9-11-20(12-10-19)17-28-26(31)22-13-14-23-25(16-22)30(18-21-6-3-2-4-7-21)27(32)24-8-5-15-29(23)24/h2-16H,17-18H2,1H3,(H,28,31). The van der Waals surface area contributed by atoms with Crippen LogP contribution in [0.1, 0.15) is 27.0 Å². The van der Waals surface area contributed by atoms with Gasteiger partial charge in [0.05, 0.1) is 17.6 Å². The normalized spacial score (nSPS) is 11.2. The highest BCUT2D eigenvalue weighted by Gasteiger charge is 2.14. The van der Waals surface area contributed by atoms with Crippen molar-refractivity contribution >= 4 is 22.5 Å². The van der Waals surface area contributed by atoms with Crippen molar-refractivity contribution in [2.45, 2.75) is 20.0 Å². The van der Waals surface area contributed by atoms with Crippen molar-refractivity contribution in [3.05, 3.63) is 124 Å². The Hall–Kier alpha value is -4.12. The number of fused-ring (bicyclic) bond motifs is 3. The molecule has 2 aromatic heterocycles. The van der Waals surface area contributed by atoms with Gasteiger partial charge in [-0.15, -0.1) is 0 Å². The number of hydrogen-bond donors (Lipinski definition) is 1. The number of aromatic nitrogens is 2. The van der Waals surface area contributed by atoms with Gasteiger partial charge >= 0.3 is 0 Å². The molecule has 1 amide bonds. The van der Waals surface area contributed by atoms with Gasteiger partial charge in [0.25, 0.3) is 11.5 Å². The predicted octanol–water partition coefficient (Wildman–Crippen LogP) is 4.54. The monoisotopic (exact) mass is 421 g/mol. The third-order valence-corrected chi connectivity index (χ3v) is 5.76. The first kappa shape index (κ1) is 19.8. The summed E-state index contributed by atoms with van der Waals surface area (Å²) in [5, 5.41) is 2.98. The highest BCUT2D eigenvalue weighted by atomic mass is 16.1. The van der Waals surface area contributed by atoms with Gasteiger partial charge in [0.2, 0.25) is 0 Å². The van der Waals surface area contributed by atoms with E-state index in [1.165, 1.54) is 5.56 Å². The minimum absolute atomic E-state index is 0.0800. The van der Waals surface area contributed by atoms with Crippen LogP contribution in [0.4, 0.5) is 0 Å². The lowest BCUT2D eigenvalue weighted by Gasteiger charge is -2.14. The average molecular weight is 422 g/mol. The maximum absolute atomic E-state index is 13.3. The molecular weight excluding hydrogens is 398 g/mol. The van der Waals surface area contributed by atoms with Crippen molar-refractivity contribution in [1.82, 2.24) is 14.3 Å². The third kappa shape index (κ3) is 3.69. The first-order valence-corrected chi connectivity index (χ1v) is 10.6. The van der Waals surface area contributed by atoms with Crippen molar-refractivity contribution in [2.24, 2.45) is 0 Å². The molecule has 0 fully saturated rings. The molecule has 1 N–H and O–H groups in total. The number of nitrogens with one attached hydrogen (secondary N) is 1. The number of amides is 1. The Morgan fingerprint density at radius 3 is 2.38 bits per heavy atom. The minimum Gasteiger partial charge on any atom is -0.348 e. The van der Waals surface area contributed by atoms with Crippen molar-refractivity contribution in [1.29, 1.82) is 0 Å². The lowest BCUT2D eigenvalue weighted by Crippen LogP contribution is -2.25. The molecular formula is C27H23N3O2. The van der Waals surface area contributed by atoms with E-state index in [0.717, 1.165) is 22.2 Å². The van der Waals surface area contributed by atoms with Crippen molar-refractivity contribution in [3.8, 4) is 0 Å². The summed E-state index contributed by atoms with van der Waals surface area (Å²) in [6, 6.07) is 27.2. The highest BCUT2D eigenvalue weighted by Crippen LogP contribution is 2.19. The lowest BCUT2D eigenvalue weighted by atomic mass is 10.1. The molecule has 5 rings (SSSR count). The molecule has 158 valence electrons. The SMILES string of the molecule is Cc1ccc(CNC(=O)c2ccc3c(c2)n(Cc2ccccc2)c(=O)c2cccn23)cc1. The maximum Gasteiger partial charge on any atom is 0.275 e. The number of nitrogens with zero attached hydrogens (tertiary/aromatic N) is 2. The molecule has 0 bridgehead atoms. The molecule has 0 unspecified atom stereocenters. The molecule has 0 aliphatic rings. The van der Waals surface area contributed by atoms with Gasteiger partial charge in [-0.05, 0) is 48.4 Å². The number of hydrogen-bond acceptors (Lipinski definition) is 2. The Morgan fingerprint density at radius 2 is 1.59 bits per heavy atom. The lowest BCUT2D eigenvalue weighted by molar-refractivity contribution is 0.0951. The van der Waals surface area contributed by atoms with Gasteiger partial charge in [0, 0.05) is 18.3 Å². The largest absolute Gasteiger partial charge is 0.348 e. The van der Waals surface area contributed by atoms with E-state index in [4.69, 9.17) is 0 Å². The van der Waals surface area contributed by atoms with E-state index in [2.05, 4.69) is 5.32 Å². The Balaban J connectivity index is 1.54. The first-order valence-electron chi connectivity index (χ1n) is 10.6. The Morgan fingerprint density at radius 1 is 0.812 bits per heavy atom. The zero-order valence-corrected chi connectivity index (χ0v) is 17.8.